The Morgan fingerprint density at radius 1 is 1.38 bits per heavy atom. The van der Waals surface area contributed by atoms with Gasteiger partial charge < -0.3 is 14.6 Å². The summed E-state index contributed by atoms with van der Waals surface area (Å²) in [6.07, 6.45) is 5.38. The lowest BCUT2D eigenvalue weighted by molar-refractivity contribution is -0.143. The monoisotopic (exact) mass is 294 g/mol. The molecule has 0 aromatic carbocycles. The van der Waals surface area contributed by atoms with E-state index in [-0.39, 0.29) is 0 Å². The SMILES string of the molecule is COc1ccnc(CN2CCCCCC2C(=O)O)c1OC. The number of rotatable bonds is 5. The van der Waals surface area contributed by atoms with Crippen LogP contribution in [0.5, 0.6) is 11.5 Å². The number of hydrogen-bond acceptors (Lipinski definition) is 5. The van der Waals surface area contributed by atoms with Crippen molar-refractivity contribution in [3.05, 3.63) is 18.0 Å². The zero-order valence-corrected chi connectivity index (χ0v) is 12.5. The Morgan fingerprint density at radius 3 is 2.86 bits per heavy atom. The van der Waals surface area contributed by atoms with Gasteiger partial charge in [0, 0.05) is 18.8 Å². The summed E-state index contributed by atoms with van der Waals surface area (Å²) in [5.74, 6) is 0.427. The van der Waals surface area contributed by atoms with Gasteiger partial charge in [0.05, 0.1) is 14.2 Å². The van der Waals surface area contributed by atoms with Gasteiger partial charge in [0.2, 0.25) is 0 Å². The first-order valence-electron chi connectivity index (χ1n) is 7.20. The molecular weight excluding hydrogens is 272 g/mol. The van der Waals surface area contributed by atoms with Gasteiger partial charge in [-0.05, 0) is 19.4 Å². The molecule has 2 rings (SSSR count). The fourth-order valence-electron chi connectivity index (χ4n) is 2.79. The van der Waals surface area contributed by atoms with Crippen molar-refractivity contribution in [3.63, 3.8) is 0 Å². The van der Waals surface area contributed by atoms with Gasteiger partial charge in [0.25, 0.3) is 0 Å². The van der Waals surface area contributed by atoms with Crippen LogP contribution in [0.15, 0.2) is 12.3 Å². The van der Waals surface area contributed by atoms with Gasteiger partial charge in [-0.3, -0.25) is 14.7 Å². The average molecular weight is 294 g/mol. The summed E-state index contributed by atoms with van der Waals surface area (Å²) in [6, 6.07) is 1.28. The van der Waals surface area contributed by atoms with Gasteiger partial charge in [-0.2, -0.15) is 0 Å². The molecular formula is C15H22N2O4. The molecule has 116 valence electrons. The van der Waals surface area contributed by atoms with E-state index in [4.69, 9.17) is 9.47 Å². The first-order chi connectivity index (χ1) is 10.2. The molecule has 1 atom stereocenters. The van der Waals surface area contributed by atoms with Crippen LogP contribution in [0.2, 0.25) is 0 Å². The first kappa shape index (κ1) is 15.6. The van der Waals surface area contributed by atoms with Crippen molar-refractivity contribution >= 4 is 5.97 Å². The Morgan fingerprint density at radius 2 is 2.19 bits per heavy atom. The number of ether oxygens (including phenoxy) is 2. The lowest BCUT2D eigenvalue weighted by Gasteiger charge is -2.27. The molecule has 1 unspecified atom stereocenters. The maximum Gasteiger partial charge on any atom is 0.320 e. The second-order valence-corrected chi connectivity index (χ2v) is 5.17. The van der Waals surface area contributed by atoms with Gasteiger partial charge in [0.1, 0.15) is 11.7 Å². The second kappa shape index (κ2) is 7.26. The molecule has 0 saturated carbocycles. The second-order valence-electron chi connectivity index (χ2n) is 5.17. The summed E-state index contributed by atoms with van der Waals surface area (Å²) < 4.78 is 10.6. The number of nitrogens with zero attached hydrogens (tertiary/aromatic N) is 2. The van der Waals surface area contributed by atoms with Crippen LogP contribution in [0.1, 0.15) is 31.4 Å². The standard InChI is InChI=1S/C15H22N2O4/c1-20-13-7-8-16-11(14(13)21-2)10-17-9-5-3-4-6-12(17)15(18)19/h7-8,12H,3-6,9-10H2,1-2H3,(H,18,19). The van der Waals surface area contributed by atoms with Crippen molar-refractivity contribution < 1.29 is 19.4 Å². The van der Waals surface area contributed by atoms with E-state index in [1.54, 1.807) is 26.5 Å². The fourth-order valence-corrected chi connectivity index (χ4v) is 2.79. The van der Waals surface area contributed by atoms with Crippen LogP contribution in [0.25, 0.3) is 0 Å². The number of aromatic nitrogens is 1. The maximum atomic E-state index is 11.5. The molecule has 1 aromatic heterocycles. The number of aliphatic carboxylic acids is 1. The van der Waals surface area contributed by atoms with E-state index in [0.717, 1.165) is 25.8 Å². The summed E-state index contributed by atoms with van der Waals surface area (Å²) in [5, 5.41) is 9.42. The Hall–Kier alpha value is -1.82. The quantitative estimate of drug-likeness (QED) is 0.894. The molecule has 0 bridgehead atoms. The van der Waals surface area contributed by atoms with Crippen LogP contribution < -0.4 is 9.47 Å². The summed E-state index contributed by atoms with van der Waals surface area (Å²) in [6.45, 7) is 1.22. The zero-order chi connectivity index (χ0) is 15.2. The van der Waals surface area contributed by atoms with Crippen molar-refractivity contribution in [1.82, 2.24) is 9.88 Å². The molecule has 0 radical (unpaired) electrons. The Balaban J connectivity index is 2.24. The number of pyridine rings is 1. The molecule has 1 saturated heterocycles. The molecule has 0 spiro atoms. The molecule has 1 N–H and O–H groups in total. The van der Waals surface area contributed by atoms with Crippen LogP contribution >= 0.6 is 0 Å². The summed E-state index contributed by atoms with van der Waals surface area (Å²) >= 11 is 0. The van der Waals surface area contributed by atoms with E-state index in [9.17, 15) is 9.90 Å². The summed E-state index contributed by atoms with van der Waals surface area (Å²) in [5.41, 5.74) is 0.713. The van der Waals surface area contributed by atoms with Crippen LogP contribution in [-0.4, -0.2) is 47.8 Å². The third-order valence-corrected chi connectivity index (χ3v) is 3.87. The smallest absolute Gasteiger partial charge is 0.320 e. The van der Waals surface area contributed by atoms with E-state index >= 15 is 0 Å². The number of carboxylic acid groups (broad SMARTS) is 1. The summed E-state index contributed by atoms with van der Waals surface area (Å²) in [7, 11) is 3.15. The van der Waals surface area contributed by atoms with Gasteiger partial charge in [-0.1, -0.05) is 12.8 Å². The van der Waals surface area contributed by atoms with Crippen molar-refractivity contribution in [2.45, 2.75) is 38.3 Å². The van der Waals surface area contributed by atoms with E-state index in [0.29, 0.717) is 30.2 Å². The number of methoxy groups -OCH3 is 2. The molecule has 1 aliphatic heterocycles. The minimum Gasteiger partial charge on any atom is -0.493 e. The van der Waals surface area contributed by atoms with Gasteiger partial charge in [-0.15, -0.1) is 0 Å². The third-order valence-electron chi connectivity index (χ3n) is 3.87. The lowest BCUT2D eigenvalue weighted by Crippen LogP contribution is -2.40. The van der Waals surface area contributed by atoms with E-state index in [2.05, 4.69) is 4.98 Å². The van der Waals surface area contributed by atoms with Gasteiger partial charge >= 0.3 is 5.97 Å². The molecule has 2 heterocycles. The van der Waals surface area contributed by atoms with Crippen molar-refractivity contribution in [2.24, 2.45) is 0 Å². The van der Waals surface area contributed by atoms with Gasteiger partial charge in [-0.25, -0.2) is 0 Å². The van der Waals surface area contributed by atoms with E-state index < -0.39 is 12.0 Å². The maximum absolute atomic E-state index is 11.5. The molecule has 0 amide bonds. The average Bonchev–Trinajstić information content (AvgIpc) is 2.72. The van der Waals surface area contributed by atoms with Crippen molar-refractivity contribution in [2.75, 3.05) is 20.8 Å². The highest BCUT2D eigenvalue weighted by Crippen LogP contribution is 2.31. The minimum absolute atomic E-state index is 0.454. The highest BCUT2D eigenvalue weighted by Gasteiger charge is 2.28. The molecule has 1 aliphatic rings. The third kappa shape index (κ3) is 3.64. The van der Waals surface area contributed by atoms with Crippen molar-refractivity contribution in [1.29, 1.82) is 0 Å². The highest BCUT2D eigenvalue weighted by molar-refractivity contribution is 5.73. The molecule has 1 aromatic rings. The Kier molecular flexibility index (Phi) is 5.38. The van der Waals surface area contributed by atoms with E-state index in [1.165, 1.54) is 0 Å². The number of carbonyl (C=O) groups is 1. The van der Waals surface area contributed by atoms with Crippen LogP contribution in [0.3, 0.4) is 0 Å². The predicted molar refractivity (Wildman–Crippen MR) is 77.6 cm³/mol. The van der Waals surface area contributed by atoms with Crippen molar-refractivity contribution in [3.8, 4) is 11.5 Å². The number of likely N-dealkylation sites (tertiary alicyclic amines) is 1. The Bertz CT molecular complexity index is 493. The Labute approximate surface area is 124 Å². The normalized spacial score (nSPS) is 19.8. The topological polar surface area (TPSA) is 71.9 Å². The minimum atomic E-state index is -0.765. The van der Waals surface area contributed by atoms with Crippen LogP contribution in [0.4, 0.5) is 0 Å². The lowest BCUT2D eigenvalue weighted by atomic mass is 10.1. The zero-order valence-electron chi connectivity index (χ0n) is 12.5. The molecule has 1 fully saturated rings. The first-order valence-corrected chi connectivity index (χ1v) is 7.20. The van der Waals surface area contributed by atoms with E-state index in [1.807, 2.05) is 4.90 Å². The van der Waals surface area contributed by atoms with Gasteiger partial charge in [0.15, 0.2) is 11.5 Å². The van der Waals surface area contributed by atoms with Crippen LogP contribution in [-0.2, 0) is 11.3 Å². The molecule has 21 heavy (non-hydrogen) atoms. The highest BCUT2D eigenvalue weighted by atomic mass is 16.5. The molecule has 6 heteroatoms. The molecule has 6 nitrogen and oxygen atoms in total. The summed E-state index contributed by atoms with van der Waals surface area (Å²) in [4.78, 5) is 17.8. The van der Waals surface area contributed by atoms with Crippen LogP contribution in [0, 0.1) is 0 Å². The number of hydrogen-bond donors (Lipinski definition) is 1. The number of carboxylic acids is 1. The largest absolute Gasteiger partial charge is 0.493 e. The fraction of sp³-hybridized carbons (Fsp3) is 0.600. The molecule has 0 aliphatic carbocycles. The predicted octanol–water partition coefficient (Wildman–Crippen LogP) is 1.93.